The minimum Gasteiger partial charge on any atom is -0.452 e. The second-order valence-corrected chi connectivity index (χ2v) is 7.34. The van der Waals surface area contributed by atoms with Crippen LogP contribution in [-0.2, 0) is 9.53 Å². The Kier molecular flexibility index (Phi) is 7.82. The molecule has 0 radical (unpaired) electrons. The lowest BCUT2D eigenvalue weighted by atomic mass is 10.1. The maximum atomic E-state index is 12.4. The first-order valence-electron chi connectivity index (χ1n) is 8.51. The molecule has 1 aromatic carbocycles. The molecule has 1 heterocycles. The Labute approximate surface area is 166 Å². The molecule has 0 spiro atoms. The van der Waals surface area contributed by atoms with Crippen LogP contribution >= 0.6 is 22.9 Å². The van der Waals surface area contributed by atoms with Gasteiger partial charge >= 0.3 is 5.97 Å². The number of rotatable bonds is 8. The van der Waals surface area contributed by atoms with Crippen LogP contribution in [0.3, 0.4) is 0 Å². The Morgan fingerprint density at radius 2 is 2.04 bits per heavy atom. The van der Waals surface area contributed by atoms with Crippen LogP contribution in [0.15, 0.2) is 35.7 Å². The third-order valence-electron chi connectivity index (χ3n) is 3.66. The molecule has 0 saturated carbocycles. The van der Waals surface area contributed by atoms with Crippen LogP contribution in [0.4, 0.5) is 5.69 Å². The number of hydrogen-bond acceptors (Lipinski definition) is 5. The lowest BCUT2D eigenvalue weighted by Crippen LogP contribution is -2.35. The molecule has 2 amide bonds. The molecule has 0 bridgehead atoms. The first-order valence-corrected chi connectivity index (χ1v) is 9.77. The van der Waals surface area contributed by atoms with E-state index in [0.29, 0.717) is 9.90 Å². The molecule has 1 aromatic heterocycles. The zero-order chi connectivity index (χ0) is 19.8. The molecular formula is C19H21ClN2O4S. The Bertz CT molecular complexity index is 808. The van der Waals surface area contributed by atoms with Gasteiger partial charge in [-0.05, 0) is 43.0 Å². The SMILES string of the molecule is CCC[C@H](C)NC(=O)COC(=O)c1ccc(Cl)cc1NC(=O)c1cccs1. The second kappa shape index (κ2) is 10.1. The summed E-state index contributed by atoms with van der Waals surface area (Å²) in [6.07, 6.45) is 1.79. The Balaban J connectivity index is 2.03. The van der Waals surface area contributed by atoms with Gasteiger partial charge in [0.05, 0.1) is 16.1 Å². The molecule has 8 heteroatoms. The summed E-state index contributed by atoms with van der Waals surface area (Å²) in [5.41, 5.74) is 0.351. The van der Waals surface area contributed by atoms with Gasteiger partial charge < -0.3 is 15.4 Å². The lowest BCUT2D eigenvalue weighted by Gasteiger charge is -2.14. The summed E-state index contributed by atoms with van der Waals surface area (Å²) in [6.45, 7) is 3.52. The van der Waals surface area contributed by atoms with E-state index in [4.69, 9.17) is 16.3 Å². The number of carbonyl (C=O) groups excluding carboxylic acids is 3. The van der Waals surface area contributed by atoms with Crippen LogP contribution in [0.1, 0.15) is 46.7 Å². The van der Waals surface area contributed by atoms with Gasteiger partial charge in [-0.1, -0.05) is 31.0 Å². The van der Waals surface area contributed by atoms with Crippen molar-refractivity contribution in [3.63, 3.8) is 0 Å². The predicted molar refractivity (Wildman–Crippen MR) is 107 cm³/mol. The summed E-state index contributed by atoms with van der Waals surface area (Å²) in [4.78, 5) is 37.0. The third kappa shape index (κ3) is 6.37. The van der Waals surface area contributed by atoms with Crippen LogP contribution < -0.4 is 10.6 Å². The zero-order valence-electron chi connectivity index (χ0n) is 15.1. The number of esters is 1. The second-order valence-electron chi connectivity index (χ2n) is 5.95. The highest BCUT2D eigenvalue weighted by atomic mass is 35.5. The Morgan fingerprint density at radius 1 is 1.26 bits per heavy atom. The highest BCUT2D eigenvalue weighted by Gasteiger charge is 2.18. The molecule has 27 heavy (non-hydrogen) atoms. The minimum atomic E-state index is -0.716. The van der Waals surface area contributed by atoms with Gasteiger partial charge in [0.15, 0.2) is 6.61 Å². The van der Waals surface area contributed by atoms with E-state index < -0.39 is 12.6 Å². The highest BCUT2D eigenvalue weighted by molar-refractivity contribution is 7.12. The van der Waals surface area contributed by atoms with Crippen molar-refractivity contribution in [2.24, 2.45) is 0 Å². The molecule has 0 aliphatic carbocycles. The molecule has 0 unspecified atom stereocenters. The van der Waals surface area contributed by atoms with Crippen molar-refractivity contribution >= 4 is 46.4 Å². The van der Waals surface area contributed by atoms with Crippen molar-refractivity contribution in [3.8, 4) is 0 Å². The van der Waals surface area contributed by atoms with Crippen LogP contribution in [-0.4, -0.2) is 30.4 Å². The number of amides is 2. The molecule has 0 saturated heterocycles. The quantitative estimate of drug-likeness (QED) is 0.643. The molecule has 0 aliphatic heterocycles. The topological polar surface area (TPSA) is 84.5 Å². The average molecular weight is 409 g/mol. The van der Waals surface area contributed by atoms with Crippen molar-refractivity contribution < 1.29 is 19.1 Å². The van der Waals surface area contributed by atoms with E-state index in [1.165, 1.54) is 29.5 Å². The van der Waals surface area contributed by atoms with Crippen LogP contribution in [0.2, 0.25) is 5.02 Å². The molecule has 6 nitrogen and oxygen atoms in total. The van der Waals surface area contributed by atoms with Crippen LogP contribution in [0.25, 0.3) is 0 Å². The number of halogens is 1. The molecule has 0 aliphatic rings. The van der Waals surface area contributed by atoms with Crippen molar-refractivity contribution in [2.75, 3.05) is 11.9 Å². The maximum Gasteiger partial charge on any atom is 0.340 e. The summed E-state index contributed by atoms with van der Waals surface area (Å²) in [5, 5.41) is 7.55. The fourth-order valence-corrected chi connectivity index (χ4v) is 3.21. The van der Waals surface area contributed by atoms with E-state index >= 15 is 0 Å². The lowest BCUT2D eigenvalue weighted by molar-refractivity contribution is -0.124. The number of anilines is 1. The zero-order valence-corrected chi connectivity index (χ0v) is 16.7. The van der Waals surface area contributed by atoms with Crippen molar-refractivity contribution in [2.45, 2.75) is 32.7 Å². The van der Waals surface area contributed by atoms with Gasteiger partial charge in [-0.15, -0.1) is 11.3 Å². The normalized spacial score (nSPS) is 11.5. The molecule has 1 atom stereocenters. The molecule has 144 valence electrons. The molecule has 2 N–H and O–H groups in total. The van der Waals surface area contributed by atoms with Crippen LogP contribution in [0, 0.1) is 0 Å². The predicted octanol–water partition coefficient (Wildman–Crippen LogP) is 4.12. The number of thiophene rings is 1. The van der Waals surface area contributed by atoms with Gasteiger partial charge in [0.2, 0.25) is 0 Å². The molecular weight excluding hydrogens is 388 g/mol. The maximum absolute atomic E-state index is 12.4. The first-order chi connectivity index (χ1) is 12.9. The smallest absolute Gasteiger partial charge is 0.340 e. The Hall–Kier alpha value is -2.38. The summed E-state index contributed by atoms with van der Waals surface area (Å²) < 4.78 is 5.08. The van der Waals surface area contributed by atoms with Crippen LogP contribution in [0.5, 0.6) is 0 Å². The number of carbonyl (C=O) groups is 3. The van der Waals surface area contributed by atoms with Gasteiger partial charge in [-0.25, -0.2) is 4.79 Å². The van der Waals surface area contributed by atoms with Gasteiger partial charge in [0.25, 0.3) is 11.8 Å². The number of benzene rings is 1. The minimum absolute atomic E-state index is 0.0115. The van der Waals surface area contributed by atoms with Gasteiger partial charge in [-0.3, -0.25) is 9.59 Å². The highest BCUT2D eigenvalue weighted by Crippen LogP contribution is 2.23. The van der Waals surface area contributed by atoms with E-state index in [1.54, 1.807) is 17.5 Å². The molecule has 2 aromatic rings. The number of hydrogen-bond donors (Lipinski definition) is 2. The van der Waals surface area contributed by atoms with E-state index in [2.05, 4.69) is 10.6 Å². The summed E-state index contributed by atoms with van der Waals surface area (Å²) in [5.74, 6) is -1.44. The first kappa shape index (κ1) is 20.9. The standard InChI is InChI=1S/C19H21ClN2O4S/c1-3-5-12(2)21-17(23)11-26-19(25)14-8-7-13(20)10-15(14)22-18(24)16-6-4-9-27-16/h4,6-10,12H,3,5,11H2,1-2H3,(H,21,23)(H,22,24)/t12-/m0/s1. The van der Waals surface area contributed by atoms with Gasteiger partial charge in [-0.2, -0.15) is 0 Å². The average Bonchev–Trinajstić information content (AvgIpc) is 3.15. The number of ether oxygens (including phenoxy) is 1. The summed E-state index contributed by atoms with van der Waals surface area (Å²) >= 11 is 7.26. The Morgan fingerprint density at radius 3 is 2.70 bits per heavy atom. The third-order valence-corrected chi connectivity index (χ3v) is 4.76. The monoisotopic (exact) mass is 408 g/mol. The largest absolute Gasteiger partial charge is 0.452 e. The summed E-state index contributed by atoms with van der Waals surface area (Å²) in [7, 11) is 0. The fraction of sp³-hybridized carbons (Fsp3) is 0.316. The van der Waals surface area contributed by atoms with E-state index in [9.17, 15) is 14.4 Å². The van der Waals surface area contributed by atoms with Crippen molar-refractivity contribution in [1.82, 2.24) is 5.32 Å². The molecule has 2 rings (SSSR count). The molecule has 0 fully saturated rings. The summed E-state index contributed by atoms with van der Waals surface area (Å²) in [6, 6.07) is 7.87. The van der Waals surface area contributed by atoms with E-state index in [-0.39, 0.29) is 29.1 Å². The van der Waals surface area contributed by atoms with Gasteiger partial charge in [0, 0.05) is 11.1 Å². The fourth-order valence-electron chi connectivity index (χ4n) is 2.42. The van der Waals surface area contributed by atoms with Crippen molar-refractivity contribution in [1.29, 1.82) is 0 Å². The number of nitrogens with one attached hydrogen (secondary N) is 2. The van der Waals surface area contributed by atoms with E-state index in [1.807, 2.05) is 13.8 Å². The van der Waals surface area contributed by atoms with Crippen molar-refractivity contribution in [3.05, 3.63) is 51.2 Å². The van der Waals surface area contributed by atoms with E-state index in [0.717, 1.165) is 12.8 Å². The van der Waals surface area contributed by atoms with Gasteiger partial charge in [0.1, 0.15) is 0 Å².